The minimum atomic E-state index is -1.28. The Morgan fingerprint density at radius 3 is 1.93 bits per heavy atom. The fourth-order valence-corrected chi connectivity index (χ4v) is 2.53. The van der Waals surface area contributed by atoms with Crippen molar-refractivity contribution in [2.45, 2.75) is 45.9 Å². The van der Waals surface area contributed by atoms with Crippen molar-refractivity contribution in [1.82, 2.24) is 0 Å². The molecule has 0 aliphatic heterocycles. The Labute approximate surface area is 159 Å². The van der Waals surface area contributed by atoms with Crippen molar-refractivity contribution in [3.05, 3.63) is 53.6 Å². The number of rotatable bonds is 8. The monoisotopic (exact) mass is 367 g/mol. The maximum absolute atomic E-state index is 11.8. The number of nitrogens with zero attached hydrogens (tertiary/aromatic N) is 1. The fourth-order valence-electron chi connectivity index (χ4n) is 2.53. The summed E-state index contributed by atoms with van der Waals surface area (Å²) < 4.78 is 11.5. The highest BCUT2D eigenvalue weighted by atomic mass is 16.5. The summed E-state index contributed by atoms with van der Waals surface area (Å²) in [5.41, 5.74) is 1.50. The van der Waals surface area contributed by atoms with Gasteiger partial charge in [-0.3, -0.25) is 0 Å². The second-order valence-electron chi connectivity index (χ2n) is 6.66. The van der Waals surface area contributed by atoms with Crippen LogP contribution in [0.15, 0.2) is 42.5 Å². The normalized spacial score (nSPS) is 11.7. The van der Waals surface area contributed by atoms with Crippen LogP contribution in [-0.2, 0) is 4.79 Å². The molecule has 1 unspecified atom stereocenters. The van der Waals surface area contributed by atoms with Gasteiger partial charge in [-0.2, -0.15) is 5.26 Å². The highest BCUT2D eigenvalue weighted by molar-refractivity contribution is 5.78. The Morgan fingerprint density at radius 2 is 1.52 bits per heavy atom. The Morgan fingerprint density at radius 1 is 1.00 bits per heavy atom. The SMILES string of the molecule is CC(C)Oc1cc(OC(C)C)cc(C(Nc2ccc(C#N)cc2)C(=O)[O-])c1. The maximum atomic E-state index is 11.8. The van der Waals surface area contributed by atoms with Crippen molar-refractivity contribution >= 4 is 11.7 Å². The van der Waals surface area contributed by atoms with Gasteiger partial charge < -0.3 is 24.7 Å². The van der Waals surface area contributed by atoms with Crippen LogP contribution in [0.5, 0.6) is 11.5 Å². The van der Waals surface area contributed by atoms with Gasteiger partial charge in [0.25, 0.3) is 0 Å². The number of carbonyl (C=O) groups excluding carboxylic acids is 1. The molecule has 0 saturated carbocycles. The molecule has 0 heterocycles. The molecule has 0 amide bonds. The molecule has 142 valence electrons. The van der Waals surface area contributed by atoms with Gasteiger partial charge in [0.15, 0.2) is 0 Å². The molecule has 6 nitrogen and oxygen atoms in total. The first-order valence-electron chi connectivity index (χ1n) is 8.74. The molecule has 0 saturated heterocycles. The average Bonchev–Trinajstić information content (AvgIpc) is 2.58. The van der Waals surface area contributed by atoms with Crippen molar-refractivity contribution < 1.29 is 19.4 Å². The zero-order valence-electron chi connectivity index (χ0n) is 15.9. The van der Waals surface area contributed by atoms with E-state index in [1.54, 1.807) is 42.5 Å². The second-order valence-corrected chi connectivity index (χ2v) is 6.66. The number of hydrogen-bond donors (Lipinski definition) is 1. The van der Waals surface area contributed by atoms with E-state index in [2.05, 4.69) is 5.32 Å². The first-order valence-corrected chi connectivity index (χ1v) is 8.74. The van der Waals surface area contributed by atoms with Gasteiger partial charge in [0, 0.05) is 11.8 Å². The summed E-state index contributed by atoms with van der Waals surface area (Å²) in [5.74, 6) is -0.242. The number of carbonyl (C=O) groups is 1. The minimum absolute atomic E-state index is 0.0694. The topological polar surface area (TPSA) is 94.4 Å². The van der Waals surface area contributed by atoms with E-state index in [0.29, 0.717) is 28.3 Å². The third kappa shape index (κ3) is 5.93. The molecule has 1 N–H and O–H groups in total. The van der Waals surface area contributed by atoms with E-state index in [1.807, 2.05) is 33.8 Å². The molecule has 0 aliphatic rings. The summed E-state index contributed by atoms with van der Waals surface area (Å²) in [6.07, 6.45) is -0.139. The molecule has 0 bridgehead atoms. The molecular formula is C21H23N2O4-. The van der Waals surface area contributed by atoms with Gasteiger partial charge in [-0.05, 0) is 69.7 Å². The average molecular weight is 367 g/mol. The largest absolute Gasteiger partial charge is 0.548 e. The standard InChI is InChI=1S/C21H24N2O4/c1-13(2)26-18-9-16(10-19(11-18)27-14(3)4)20(21(24)25)23-17-7-5-15(12-22)6-8-17/h5-11,13-14,20,23H,1-4H3,(H,24,25)/p-1. The van der Waals surface area contributed by atoms with Gasteiger partial charge >= 0.3 is 0 Å². The number of aliphatic carboxylic acids is 1. The molecule has 2 aromatic rings. The lowest BCUT2D eigenvalue weighted by Crippen LogP contribution is -2.34. The lowest BCUT2D eigenvalue weighted by Gasteiger charge is -2.23. The van der Waals surface area contributed by atoms with Crippen molar-refractivity contribution in [2.24, 2.45) is 0 Å². The predicted molar refractivity (Wildman–Crippen MR) is 100 cm³/mol. The summed E-state index contributed by atoms with van der Waals surface area (Å²) >= 11 is 0. The number of anilines is 1. The van der Waals surface area contributed by atoms with Crippen LogP contribution >= 0.6 is 0 Å². The van der Waals surface area contributed by atoms with Crippen LogP contribution in [0.2, 0.25) is 0 Å². The fraction of sp³-hybridized carbons (Fsp3) is 0.333. The van der Waals surface area contributed by atoms with Gasteiger partial charge in [-0.1, -0.05) is 0 Å². The molecule has 1 atom stereocenters. The smallest absolute Gasteiger partial charge is 0.123 e. The first kappa shape index (κ1) is 20.1. The van der Waals surface area contributed by atoms with E-state index in [4.69, 9.17) is 14.7 Å². The summed E-state index contributed by atoms with van der Waals surface area (Å²) in [6, 6.07) is 12.5. The lowest BCUT2D eigenvalue weighted by molar-refractivity contribution is -0.307. The van der Waals surface area contributed by atoms with Crippen molar-refractivity contribution in [1.29, 1.82) is 5.26 Å². The van der Waals surface area contributed by atoms with E-state index in [-0.39, 0.29) is 12.2 Å². The Balaban J connectivity index is 2.38. The molecule has 0 radical (unpaired) electrons. The van der Waals surface area contributed by atoms with Gasteiger partial charge in [0.05, 0.1) is 35.9 Å². The quantitative estimate of drug-likeness (QED) is 0.771. The summed E-state index contributed by atoms with van der Waals surface area (Å²) in [4.78, 5) is 11.8. The Kier molecular flexibility index (Phi) is 6.67. The number of carboxylic acids is 1. The number of carboxylic acid groups (broad SMARTS) is 1. The van der Waals surface area contributed by atoms with Gasteiger partial charge in [-0.25, -0.2) is 0 Å². The third-order valence-corrected chi connectivity index (χ3v) is 3.54. The summed E-state index contributed by atoms with van der Waals surface area (Å²) in [7, 11) is 0. The number of hydrogen-bond acceptors (Lipinski definition) is 6. The molecule has 27 heavy (non-hydrogen) atoms. The van der Waals surface area contributed by atoms with Crippen LogP contribution in [-0.4, -0.2) is 18.2 Å². The molecule has 0 spiro atoms. The Hall–Kier alpha value is -3.20. The van der Waals surface area contributed by atoms with Crippen LogP contribution in [0.4, 0.5) is 5.69 Å². The zero-order valence-corrected chi connectivity index (χ0v) is 15.9. The van der Waals surface area contributed by atoms with Crippen molar-refractivity contribution in [3.8, 4) is 17.6 Å². The van der Waals surface area contributed by atoms with Crippen molar-refractivity contribution in [3.63, 3.8) is 0 Å². The lowest BCUT2D eigenvalue weighted by atomic mass is 10.1. The van der Waals surface area contributed by atoms with Crippen LogP contribution < -0.4 is 19.9 Å². The van der Waals surface area contributed by atoms with E-state index >= 15 is 0 Å². The van der Waals surface area contributed by atoms with E-state index in [0.717, 1.165) is 0 Å². The minimum Gasteiger partial charge on any atom is -0.548 e. The predicted octanol–water partition coefficient (Wildman–Crippen LogP) is 3.04. The van der Waals surface area contributed by atoms with E-state index in [9.17, 15) is 9.90 Å². The highest BCUT2D eigenvalue weighted by Gasteiger charge is 2.17. The van der Waals surface area contributed by atoms with Crippen molar-refractivity contribution in [2.75, 3.05) is 5.32 Å². The molecule has 2 aromatic carbocycles. The van der Waals surface area contributed by atoms with Crippen LogP contribution in [0.3, 0.4) is 0 Å². The van der Waals surface area contributed by atoms with Crippen LogP contribution in [0.1, 0.15) is 44.9 Å². The zero-order chi connectivity index (χ0) is 20.0. The van der Waals surface area contributed by atoms with Crippen LogP contribution in [0, 0.1) is 11.3 Å². The molecule has 2 rings (SSSR count). The van der Waals surface area contributed by atoms with E-state index < -0.39 is 12.0 Å². The first-order chi connectivity index (χ1) is 12.8. The van der Waals surface area contributed by atoms with Crippen LogP contribution in [0.25, 0.3) is 0 Å². The molecular weight excluding hydrogens is 344 g/mol. The number of ether oxygens (including phenoxy) is 2. The number of nitriles is 1. The molecule has 0 aliphatic carbocycles. The molecule has 0 aromatic heterocycles. The maximum Gasteiger partial charge on any atom is 0.123 e. The van der Waals surface area contributed by atoms with Gasteiger partial charge in [0.2, 0.25) is 0 Å². The van der Waals surface area contributed by atoms with E-state index in [1.165, 1.54) is 0 Å². The molecule has 6 heteroatoms. The van der Waals surface area contributed by atoms with Gasteiger partial charge in [-0.15, -0.1) is 0 Å². The second kappa shape index (κ2) is 8.95. The Bertz CT molecular complexity index is 795. The number of benzene rings is 2. The summed E-state index contributed by atoms with van der Waals surface area (Å²) in [6.45, 7) is 7.56. The summed E-state index contributed by atoms with van der Waals surface area (Å²) in [5, 5.41) is 23.6. The molecule has 0 fully saturated rings. The third-order valence-electron chi connectivity index (χ3n) is 3.54. The number of nitrogens with one attached hydrogen (secondary N) is 1. The highest BCUT2D eigenvalue weighted by Crippen LogP contribution is 2.30. The van der Waals surface area contributed by atoms with Gasteiger partial charge in [0.1, 0.15) is 11.5 Å².